The van der Waals surface area contributed by atoms with Crippen LogP contribution in [0.25, 0.3) is 0 Å². The van der Waals surface area contributed by atoms with Gasteiger partial charge in [0.05, 0.1) is 0 Å². The van der Waals surface area contributed by atoms with Gasteiger partial charge in [0.25, 0.3) is 0 Å². The third kappa shape index (κ3) is 2.84. The number of nitrogens with one attached hydrogen (secondary N) is 1. The van der Waals surface area contributed by atoms with Gasteiger partial charge in [0, 0.05) is 17.9 Å². The predicted molar refractivity (Wildman–Crippen MR) is 61.1 cm³/mol. The molecule has 0 radical (unpaired) electrons. The predicted octanol–water partition coefficient (Wildman–Crippen LogP) is 2.70. The molecule has 0 aliphatic rings. The number of hydrogen-bond donors (Lipinski definition) is 1. The number of carbonyl (C=O) groups excluding carboxylic acids is 1. The third-order valence-corrected chi connectivity index (χ3v) is 2.63. The summed E-state index contributed by atoms with van der Waals surface area (Å²) in [5.74, 6) is 0.00622. The van der Waals surface area contributed by atoms with Gasteiger partial charge in [-0.15, -0.1) is 0 Å². The van der Waals surface area contributed by atoms with Gasteiger partial charge in [-0.25, -0.2) is 0 Å². The maximum atomic E-state index is 10.8. The Balaban J connectivity index is 2.91. The first kappa shape index (κ1) is 11.2. The summed E-state index contributed by atoms with van der Waals surface area (Å²) in [5.41, 5.74) is 3.60. The second-order valence-corrected chi connectivity index (χ2v) is 4.34. The van der Waals surface area contributed by atoms with Crippen molar-refractivity contribution in [3.8, 4) is 0 Å². The maximum absolute atomic E-state index is 10.8. The van der Waals surface area contributed by atoms with Crippen molar-refractivity contribution >= 4 is 21.8 Å². The standard InChI is InChI=1S/C11H14BrNO/c1-7-4-10(12)5-8(2)11(7)6-13-9(3)14/h4-5H,6H2,1-3H3,(H,13,14). The molecule has 0 aromatic heterocycles. The lowest BCUT2D eigenvalue weighted by Gasteiger charge is -2.10. The van der Waals surface area contributed by atoms with E-state index in [9.17, 15) is 4.79 Å². The number of hydrogen-bond acceptors (Lipinski definition) is 1. The molecule has 0 bridgehead atoms. The molecule has 0 spiro atoms. The molecule has 3 heteroatoms. The number of halogens is 1. The van der Waals surface area contributed by atoms with E-state index >= 15 is 0 Å². The first-order valence-corrected chi connectivity index (χ1v) is 5.30. The molecule has 0 aliphatic carbocycles. The first-order valence-electron chi connectivity index (χ1n) is 4.50. The molecule has 0 fully saturated rings. The number of benzene rings is 1. The molecular weight excluding hydrogens is 242 g/mol. The SMILES string of the molecule is CC(=O)NCc1c(C)cc(Br)cc1C. The Hall–Kier alpha value is -0.830. The van der Waals surface area contributed by atoms with Crippen molar-refractivity contribution in [2.45, 2.75) is 27.3 Å². The summed E-state index contributed by atoms with van der Waals surface area (Å²) in [6, 6.07) is 4.12. The monoisotopic (exact) mass is 255 g/mol. The zero-order valence-corrected chi connectivity index (χ0v) is 10.2. The van der Waals surface area contributed by atoms with Gasteiger partial charge in [0.1, 0.15) is 0 Å². The van der Waals surface area contributed by atoms with Crippen molar-refractivity contribution in [2.75, 3.05) is 0 Å². The Bertz CT molecular complexity index is 337. The second-order valence-electron chi connectivity index (χ2n) is 3.43. The summed E-state index contributed by atoms with van der Waals surface area (Å²) in [6.07, 6.45) is 0. The molecule has 1 amide bonds. The highest BCUT2D eigenvalue weighted by Crippen LogP contribution is 2.20. The van der Waals surface area contributed by atoms with E-state index in [1.807, 2.05) is 0 Å². The van der Waals surface area contributed by atoms with Gasteiger partial charge in [-0.2, -0.15) is 0 Å². The fourth-order valence-electron chi connectivity index (χ4n) is 1.43. The lowest BCUT2D eigenvalue weighted by molar-refractivity contribution is -0.119. The van der Waals surface area contributed by atoms with Crippen LogP contribution < -0.4 is 5.32 Å². The fraction of sp³-hybridized carbons (Fsp3) is 0.364. The minimum atomic E-state index is 0.00622. The van der Waals surface area contributed by atoms with Gasteiger partial charge in [-0.05, 0) is 42.7 Å². The second kappa shape index (κ2) is 4.60. The lowest BCUT2D eigenvalue weighted by atomic mass is 10.0. The highest BCUT2D eigenvalue weighted by molar-refractivity contribution is 9.10. The fourth-order valence-corrected chi connectivity index (χ4v) is 2.12. The number of amides is 1. The molecule has 1 N–H and O–H groups in total. The summed E-state index contributed by atoms with van der Waals surface area (Å²) in [6.45, 7) is 6.24. The Morgan fingerprint density at radius 3 is 2.29 bits per heavy atom. The van der Waals surface area contributed by atoms with Crippen LogP contribution in [-0.4, -0.2) is 5.91 Å². The third-order valence-electron chi connectivity index (χ3n) is 2.17. The highest BCUT2D eigenvalue weighted by Gasteiger charge is 2.04. The van der Waals surface area contributed by atoms with Crippen LogP contribution in [-0.2, 0) is 11.3 Å². The van der Waals surface area contributed by atoms with E-state index in [4.69, 9.17) is 0 Å². The van der Waals surface area contributed by atoms with E-state index in [-0.39, 0.29) is 5.91 Å². The maximum Gasteiger partial charge on any atom is 0.217 e. The van der Waals surface area contributed by atoms with E-state index in [1.165, 1.54) is 23.6 Å². The molecule has 0 unspecified atom stereocenters. The number of rotatable bonds is 2. The zero-order valence-electron chi connectivity index (χ0n) is 8.65. The molecule has 1 aromatic carbocycles. The minimum Gasteiger partial charge on any atom is -0.352 e. The van der Waals surface area contributed by atoms with Crippen LogP contribution in [0.3, 0.4) is 0 Å². The number of aryl methyl sites for hydroxylation is 2. The molecule has 1 rings (SSSR count). The van der Waals surface area contributed by atoms with Crippen LogP contribution in [0, 0.1) is 13.8 Å². The summed E-state index contributed by atoms with van der Waals surface area (Å²) in [7, 11) is 0. The van der Waals surface area contributed by atoms with Crippen molar-refractivity contribution in [3.05, 3.63) is 33.3 Å². The summed E-state index contributed by atoms with van der Waals surface area (Å²) >= 11 is 3.44. The van der Waals surface area contributed by atoms with E-state index < -0.39 is 0 Å². The molecular formula is C11H14BrNO. The van der Waals surface area contributed by atoms with E-state index in [0.717, 1.165) is 4.47 Å². The van der Waals surface area contributed by atoms with Crippen LogP contribution in [0.1, 0.15) is 23.6 Å². The molecule has 0 atom stereocenters. The number of carbonyl (C=O) groups is 1. The van der Waals surface area contributed by atoms with E-state index in [1.54, 1.807) is 0 Å². The summed E-state index contributed by atoms with van der Waals surface area (Å²) in [5, 5.41) is 2.81. The zero-order chi connectivity index (χ0) is 10.7. The van der Waals surface area contributed by atoms with Crippen molar-refractivity contribution in [1.29, 1.82) is 0 Å². The van der Waals surface area contributed by atoms with E-state index in [0.29, 0.717) is 6.54 Å². The first-order chi connectivity index (χ1) is 6.50. The van der Waals surface area contributed by atoms with E-state index in [2.05, 4.69) is 47.2 Å². The summed E-state index contributed by atoms with van der Waals surface area (Å²) in [4.78, 5) is 10.8. The quantitative estimate of drug-likeness (QED) is 0.866. The van der Waals surface area contributed by atoms with Gasteiger partial charge in [0.2, 0.25) is 5.91 Å². The largest absolute Gasteiger partial charge is 0.352 e. The van der Waals surface area contributed by atoms with Crippen molar-refractivity contribution in [1.82, 2.24) is 5.32 Å². The van der Waals surface area contributed by atoms with Crippen LogP contribution >= 0.6 is 15.9 Å². The average Bonchev–Trinajstić information content (AvgIpc) is 2.01. The normalized spacial score (nSPS) is 10.0. The molecule has 0 saturated heterocycles. The smallest absolute Gasteiger partial charge is 0.217 e. The van der Waals surface area contributed by atoms with Crippen LogP contribution in [0.4, 0.5) is 0 Å². The van der Waals surface area contributed by atoms with Crippen molar-refractivity contribution in [2.24, 2.45) is 0 Å². The molecule has 14 heavy (non-hydrogen) atoms. The van der Waals surface area contributed by atoms with Crippen LogP contribution in [0.5, 0.6) is 0 Å². The average molecular weight is 256 g/mol. The molecule has 1 aromatic rings. The summed E-state index contributed by atoms with van der Waals surface area (Å²) < 4.78 is 1.08. The van der Waals surface area contributed by atoms with Crippen LogP contribution in [0.2, 0.25) is 0 Å². The topological polar surface area (TPSA) is 29.1 Å². The molecule has 2 nitrogen and oxygen atoms in total. The lowest BCUT2D eigenvalue weighted by Crippen LogP contribution is -2.20. The molecule has 0 heterocycles. The van der Waals surface area contributed by atoms with Gasteiger partial charge in [-0.3, -0.25) is 4.79 Å². The van der Waals surface area contributed by atoms with Crippen LogP contribution in [0.15, 0.2) is 16.6 Å². The Labute approximate surface area is 92.8 Å². The van der Waals surface area contributed by atoms with Crippen molar-refractivity contribution in [3.63, 3.8) is 0 Å². The molecule has 76 valence electrons. The van der Waals surface area contributed by atoms with Crippen molar-refractivity contribution < 1.29 is 4.79 Å². The Kier molecular flexibility index (Phi) is 3.69. The van der Waals surface area contributed by atoms with Gasteiger partial charge >= 0.3 is 0 Å². The Morgan fingerprint density at radius 2 is 1.86 bits per heavy atom. The molecule has 0 aliphatic heterocycles. The minimum absolute atomic E-state index is 0.00622. The molecule has 0 saturated carbocycles. The Morgan fingerprint density at radius 1 is 1.36 bits per heavy atom. The van der Waals surface area contributed by atoms with Gasteiger partial charge < -0.3 is 5.32 Å². The van der Waals surface area contributed by atoms with Gasteiger partial charge in [-0.1, -0.05) is 15.9 Å². The highest BCUT2D eigenvalue weighted by atomic mass is 79.9. The van der Waals surface area contributed by atoms with Gasteiger partial charge in [0.15, 0.2) is 0 Å².